The lowest BCUT2D eigenvalue weighted by Crippen LogP contribution is -2.30. The summed E-state index contributed by atoms with van der Waals surface area (Å²) in [5.74, 6) is -0.117. The fourth-order valence-electron chi connectivity index (χ4n) is 9.35. The second kappa shape index (κ2) is 14.3. The van der Waals surface area contributed by atoms with Crippen molar-refractivity contribution in [3.8, 4) is 34.1 Å². The topological polar surface area (TPSA) is 71.1 Å². The largest absolute Gasteiger partial charge is 0.449 e. The van der Waals surface area contributed by atoms with Crippen molar-refractivity contribution in [3.05, 3.63) is 141 Å². The Morgan fingerprint density at radius 2 is 0.683 bits per heavy atom. The van der Waals surface area contributed by atoms with Crippen molar-refractivity contribution in [2.24, 2.45) is 0 Å². The molecule has 6 aromatic carbocycles. The van der Waals surface area contributed by atoms with E-state index >= 15 is 9.13 Å². The van der Waals surface area contributed by atoms with Gasteiger partial charge in [-0.15, -0.1) is 0 Å². The van der Waals surface area contributed by atoms with Gasteiger partial charge in [0.05, 0.1) is 0 Å². The maximum Gasteiger partial charge on any atom is 0.246 e. The molecule has 0 saturated carbocycles. The summed E-state index contributed by atoms with van der Waals surface area (Å²) in [6.45, 7) is 27.8. The number of hydrogen-bond acceptors (Lipinski definition) is 6. The number of hydrogen-bond donors (Lipinski definition) is 0. The molecule has 6 nitrogen and oxygen atoms in total. The average Bonchev–Trinajstić information content (AvgIpc) is 3.64. The van der Waals surface area contributed by atoms with Crippen LogP contribution >= 0.6 is 14.3 Å². The van der Waals surface area contributed by atoms with Crippen LogP contribution < -0.4 is 50.8 Å². The molecule has 0 amide bonds. The van der Waals surface area contributed by atoms with E-state index in [-0.39, 0.29) is 0 Å². The highest BCUT2D eigenvalue weighted by Crippen LogP contribution is 2.59. The number of rotatable bonds is 7. The number of benzene rings is 6. The Morgan fingerprint density at radius 3 is 1.07 bits per heavy atom. The quantitative estimate of drug-likeness (QED) is 0.149. The molecular formula is C52H56O6P2. The van der Waals surface area contributed by atoms with Crippen LogP contribution in [0.3, 0.4) is 0 Å². The van der Waals surface area contributed by atoms with E-state index in [9.17, 15) is 0 Å². The zero-order valence-electron chi connectivity index (χ0n) is 37.4. The van der Waals surface area contributed by atoms with Crippen LogP contribution in [0.25, 0.3) is 11.1 Å². The van der Waals surface area contributed by atoms with Gasteiger partial charge in [-0.25, -0.2) is 0 Å². The van der Waals surface area contributed by atoms with Crippen molar-refractivity contribution in [1.29, 1.82) is 0 Å². The first-order valence-electron chi connectivity index (χ1n) is 20.7. The first-order chi connectivity index (χ1) is 28.0. The molecule has 0 aliphatic carbocycles. The molecule has 0 N–H and O–H groups in total. The minimum atomic E-state index is -3.76. The zero-order chi connectivity index (χ0) is 43.4. The van der Waals surface area contributed by atoms with Crippen molar-refractivity contribution in [2.45, 2.75) is 109 Å². The third kappa shape index (κ3) is 7.00. The van der Waals surface area contributed by atoms with E-state index in [0.29, 0.717) is 55.3 Å². The fraction of sp³-hybridized carbons (Fsp3) is 0.308. The molecule has 60 heavy (non-hydrogen) atoms. The molecular weight excluding hydrogens is 783 g/mol. The van der Waals surface area contributed by atoms with E-state index in [2.05, 4.69) is 24.3 Å². The molecule has 8 rings (SSSR count). The third-order valence-corrected chi connectivity index (χ3v) is 17.6. The van der Waals surface area contributed by atoms with Crippen LogP contribution in [-0.4, -0.2) is 11.6 Å². The highest BCUT2D eigenvalue weighted by Gasteiger charge is 2.46. The van der Waals surface area contributed by atoms with Crippen molar-refractivity contribution in [1.82, 2.24) is 0 Å². The zero-order valence-corrected chi connectivity index (χ0v) is 39.2. The van der Waals surface area contributed by atoms with Crippen LogP contribution in [-0.2, 0) is 9.13 Å². The van der Waals surface area contributed by atoms with E-state index in [1.807, 2.05) is 158 Å². The minimum absolute atomic E-state index is 0.460. The fourth-order valence-corrected chi connectivity index (χ4v) is 15.9. The van der Waals surface area contributed by atoms with Crippen LogP contribution in [0.5, 0.6) is 23.0 Å². The summed E-state index contributed by atoms with van der Waals surface area (Å²) in [5, 5.41) is 4.06. The lowest BCUT2D eigenvalue weighted by Gasteiger charge is -2.28. The number of aryl methyl sites for hydroxylation is 9. The van der Waals surface area contributed by atoms with Crippen LogP contribution in [0.4, 0.5) is 0 Å². The molecule has 0 saturated heterocycles. The summed E-state index contributed by atoms with van der Waals surface area (Å²) < 4.78 is 60.9. The summed E-state index contributed by atoms with van der Waals surface area (Å²) in [6.07, 6.45) is 0. The van der Waals surface area contributed by atoms with E-state index in [0.717, 1.165) is 66.2 Å². The predicted octanol–water partition coefficient (Wildman–Crippen LogP) is 10.7. The van der Waals surface area contributed by atoms with Gasteiger partial charge in [0.15, 0.2) is 37.3 Å². The number of ether oxygens (including phenoxy) is 4. The molecule has 0 radical (unpaired) electrons. The summed E-state index contributed by atoms with van der Waals surface area (Å²) >= 11 is 0. The summed E-state index contributed by atoms with van der Waals surface area (Å²) in [4.78, 5) is 0. The lowest BCUT2D eigenvalue weighted by atomic mass is 9.98. The molecule has 0 spiro atoms. The Labute approximate surface area is 356 Å². The smallest absolute Gasteiger partial charge is 0.246 e. The van der Waals surface area contributed by atoms with Crippen molar-refractivity contribution in [3.63, 3.8) is 0 Å². The summed E-state index contributed by atoms with van der Waals surface area (Å²) in [5.41, 5.74) is 10.8. The summed E-state index contributed by atoms with van der Waals surface area (Å²) in [6, 6.07) is 28.8. The predicted molar refractivity (Wildman–Crippen MR) is 249 cm³/mol. The molecule has 6 aromatic rings. The molecule has 2 aliphatic heterocycles. The van der Waals surface area contributed by atoms with Crippen molar-refractivity contribution in [2.75, 3.05) is 0 Å². The van der Waals surface area contributed by atoms with Gasteiger partial charge in [0.1, 0.15) is 0 Å². The van der Waals surface area contributed by atoms with Gasteiger partial charge in [-0.05, 0) is 135 Å². The normalized spacial score (nSPS) is 15.1. The van der Waals surface area contributed by atoms with Gasteiger partial charge in [0, 0.05) is 76.2 Å². The Bertz CT molecular complexity index is 2710. The monoisotopic (exact) mass is 838 g/mol. The van der Waals surface area contributed by atoms with Gasteiger partial charge in [0.25, 0.3) is 0 Å². The second-order valence-corrected chi connectivity index (χ2v) is 23.7. The third-order valence-electron chi connectivity index (χ3n) is 11.5. The standard InChI is InChI=1S/C52H56O6P2/c1-29-15-30(2)20-39(19-29)59(53,40-21-31(3)16-32(4)22-40)44-28-43(49-48(38(44)10)56-52(13,14)57-49)46-45(27-37(9)47-50(46)58-51(11,12)55-47)60(54,41-23-33(5)17-34(6)24-41)42-25-35(7)18-36(8)26-42/h15-28H,1-14H3. The molecule has 0 unspecified atom stereocenters. The second-order valence-electron chi connectivity index (χ2n) is 18.3. The highest BCUT2D eigenvalue weighted by atomic mass is 31.2. The number of fused-ring (bicyclic) bond motifs is 2. The maximum atomic E-state index is 17.1. The van der Waals surface area contributed by atoms with E-state index < -0.39 is 25.9 Å². The Balaban J connectivity index is 1.58. The summed E-state index contributed by atoms with van der Waals surface area (Å²) in [7, 11) is -7.43. The van der Waals surface area contributed by atoms with Gasteiger partial charge < -0.3 is 28.1 Å². The first kappa shape index (κ1) is 41.7. The van der Waals surface area contributed by atoms with Crippen molar-refractivity contribution < 1.29 is 28.1 Å². The molecule has 0 atom stereocenters. The molecule has 0 aromatic heterocycles. The van der Waals surface area contributed by atoms with Gasteiger partial charge in [-0.2, -0.15) is 0 Å². The molecule has 2 heterocycles. The van der Waals surface area contributed by atoms with E-state index in [1.54, 1.807) is 0 Å². The average molecular weight is 839 g/mol. The lowest BCUT2D eigenvalue weighted by molar-refractivity contribution is -0.0444. The minimum Gasteiger partial charge on any atom is -0.449 e. The van der Waals surface area contributed by atoms with Gasteiger partial charge in [-0.3, -0.25) is 0 Å². The Hall–Kier alpha value is -5.02. The van der Waals surface area contributed by atoms with Gasteiger partial charge >= 0.3 is 0 Å². The van der Waals surface area contributed by atoms with Crippen LogP contribution in [0.2, 0.25) is 0 Å². The highest BCUT2D eigenvalue weighted by molar-refractivity contribution is 7.86. The van der Waals surface area contributed by atoms with E-state index in [4.69, 9.17) is 18.9 Å². The first-order valence-corrected chi connectivity index (χ1v) is 24.1. The molecule has 310 valence electrons. The van der Waals surface area contributed by atoms with Crippen LogP contribution in [0.15, 0.2) is 84.9 Å². The van der Waals surface area contributed by atoms with Crippen LogP contribution in [0.1, 0.15) is 83.3 Å². The van der Waals surface area contributed by atoms with Crippen molar-refractivity contribution >= 4 is 46.1 Å². The SMILES string of the molecule is Cc1cc(C)cc(P(=O)(c2cc(C)cc(C)c2)c2cc(-c3c(P(=O)(c4cc(C)cc(C)c4)c4cc(C)cc(C)c4)cc(C)c4c3OC(C)(C)O4)c3c(c2C)OC(C)(C)O3)c1. The van der Waals surface area contributed by atoms with Crippen LogP contribution in [0, 0.1) is 69.2 Å². The van der Waals surface area contributed by atoms with E-state index in [1.165, 1.54) is 0 Å². The molecule has 8 heteroatoms. The maximum absolute atomic E-state index is 17.1. The molecule has 0 bridgehead atoms. The Morgan fingerprint density at radius 1 is 0.367 bits per heavy atom. The Kier molecular flexibility index (Phi) is 9.93. The van der Waals surface area contributed by atoms with Gasteiger partial charge in [0.2, 0.25) is 11.6 Å². The van der Waals surface area contributed by atoms with Gasteiger partial charge in [-0.1, -0.05) is 68.8 Å². The molecule has 0 fully saturated rings. The molecule has 2 aliphatic rings.